The molecule has 0 bridgehead atoms. The second-order valence-electron chi connectivity index (χ2n) is 4.86. The Kier molecular flexibility index (Phi) is 4.51. The van der Waals surface area contributed by atoms with E-state index in [4.69, 9.17) is 11.6 Å². The van der Waals surface area contributed by atoms with Crippen LogP contribution in [-0.4, -0.2) is 34.4 Å². The maximum atomic E-state index is 12.7. The third-order valence-corrected chi connectivity index (χ3v) is 6.72. The van der Waals surface area contributed by atoms with Gasteiger partial charge in [0.2, 0.25) is 10.0 Å². The Labute approximate surface area is 130 Å². The fourth-order valence-corrected chi connectivity index (χ4v) is 5.36. The highest BCUT2D eigenvalue weighted by atomic mass is 35.5. The minimum atomic E-state index is -4.79. The van der Waals surface area contributed by atoms with Gasteiger partial charge in [-0.2, -0.15) is 13.2 Å². The van der Waals surface area contributed by atoms with Crippen molar-refractivity contribution in [1.82, 2.24) is 4.72 Å². The molecular weight excluding hydrogens is 367 g/mol. The molecule has 0 aromatic heterocycles. The predicted octanol–water partition coefficient (Wildman–Crippen LogP) is 1.82. The molecule has 124 valence electrons. The Bertz CT molecular complexity index is 790. The van der Waals surface area contributed by atoms with Gasteiger partial charge < -0.3 is 0 Å². The Morgan fingerprint density at radius 1 is 1.27 bits per heavy atom. The standard InChI is InChI=1S/C11H11ClF3NO4S2/c12-10-2-1-8(5-9(10)11(13,14)15)22(19,20)16-7-3-4-21(17,18)6-7/h1-2,5,7,16H,3-4,6H2. The van der Waals surface area contributed by atoms with Gasteiger partial charge in [-0.05, 0) is 24.6 Å². The maximum absolute atomic E-state index is 12.7. The highest BCUT2D eigenvalue weighted by Gasteiger charge is 2.36. The Hall–Kier alpha value is -0.840. The molecule has 0 saturated carbocycles. The van der Waals surface area contributed by atoms with E-state index in [-0.39, 0.29) is 17.9 Å². The van der Waals surface area contributed by atoms with Crippen molar-refractivity contribution in [2.75, 3.05) is 11.5 Å². The zero-order chi connectivity index (χ0) is 16.8. The number of sulfone groups is 1. The Balaban J connectivity index is 2.31. The van der Waals surface area contributed by atoms with Crippen molar-refractivity contribution >= 4 is 31.5 Å². The van der Waals surface area contributed by atoms with Gasteiger partial charge in [0.25, 0.3) is 0 Å². The molecular formula is C11H11ClF3NO4S2. The van der Waals surface area contributed by atoms with Crippen molar-refractivity contribution in [2.45, 2.75) is 23.5 Å². The zero-order valence-corrected chi connectivity index (χ0v) is 13.3. The third kappa shape index (κ3) is 3.92. The number of hydrogen-bond acceptors (Lipinski definition) is 4. The second-order valence-corrected chi connectivity index (χ2v) is 9.21. The molecule has 0 spiro atoms. The molecule has 22 heavy (non-hydrogen) atoms. The van der Waals surface area contributed by atoms with Crippen LogP contribution in [0, 0.1) is 0 Å². The van der Waals surface area contributed by atoms with Gasteiger partial charge in [-0.15, -0.1) is 0 Å². The smallest absolute Gasteiger partial charge is 0.229 e. The summed E-state index contributed by atoms with van der Waals surface area (Å²) in [6, 6.07) is 1.35. The van der Waals surface area contributed by atoms with E-state index >= 15 is 0 Å². The van der Waals surface area contributed by atoms with Crippen LogP contribution in [0.1, 0.15) is 12.0 Å². The van der Waals surface area contributed by atoms with E-state index in [2.05, 4.69) is 4.72 Å². The molecule has 1 fully saturated rings. The number of rotatable bonds is 3. The number of sulfonamides is 1. The molecule has 1 saturated heterocycles. The van der Waals surface area contributed by atoms with Crippen LogP contribution in [0.15, 0.2) is 23.1 Å². The summed E-state index contributed by atoms with van der Waals surface area (Å²) in [5.74, 6) is -0.527. The molecule has 1 heterocycles. The van der Waals surface area contributed by atoms with Crippen LogP contribution in [0.2, 0.25) is 5.02 Å². The molecule has 1 aromatic carbocycles. The van der Waals surface area contributed by atoms with Gasteiger partial charge in [-0.1, -0.05) is 11.6 Å². The lowest BCUT2D eigenvalue weighted by Gasteiger charge is -2.14. The number of nitrogens with one attached hydrogen (secondary N) is 1. The molecule has 1 atom stereocenters. The number of alkyl halides is 3. The fourth-order valence-electron chi connectivity index (χ4n) is 2.06. The summed E-state index contributed by atoms with van der Waals surface area (Å²) >= 11 is 5.42. The van der Waals surface area contributed by atoms with E-state index < -0.39 is 47.6 Å². The quantitative estimate of drug-likeness (QED) is 0.871. The van der Waals surface area contributed by atoms with Gasteiger partial charge in [0, 0.05) is 6.04 Å². The maximum Gasteiger partial charge on any atom is 0.417 e. The van der Waals surface area contributed by atoms with Crippen LogP contribution in [0.4, 0.5) is 13.2 Å². The molecule has 1 unspecified atom stereocenters. The lowest BCUT2D eigenvalue weighted by Crippen LogP contribution is -2.35. The molecule has 5 nitrogen and oxygen atoms in total. The molecule has 2 rings (SSSR count). The van der Waals surface area contributed by atoms with Crippen molar-refractivity contribution < 1.29 is 30.0 Å². The van der Waals surface area contributed by atoms with E-state index in [1.165, 1.54) is 0 Å². The average Bonchev–Trinajstić information content (AvgIpc) is 2.66. The average molecular weight is 378 g/mol. The summed E-state index contributed by atoms with van der Waals surface area (Å²) in [6.45, 7) is 0. The summed E-state index contributed by atoms with van der Waals surface area (Å²) in [6.07, 6.45) is -4.71. The van der Waals surface area contributed by atoms with Crippen molar-refractivity contribution in [3.8, 4) is 0 Å². The molecule has 1 N–H and O–H groups in total. The first-order chi connectivity index (χ1) is 9.91. The molecule has 1 aliphatic rings. The molecule has 11 heteroatoms. The van der Waals surface area contributed by atoms with Crippen LogP contribution >= 0.6 is 11.6 Å². The first kappa shape index (κ1) is 17.5. The van der Waals surface area contributed by atoms with Gasteiger partial charge in [-0.25, -0.2) is 21.6 Å². The molecule has 1 aliphatic heterocycles. The van der Waals surface area contributed by atoms with Crippen molar-refractivity contribution in [3.05, 3.63) is 28.8 Å². The normalized spacial score (nSPS) is 21.9. The third-order valence-electron chi connectivity index (χ3n) is 3.11. The highest BCUT2D eigenvalue weighted by Crippen LogP contribution is 2.36. The predicted molar refractivity (Wildman–Crippen MR) is 73.8 cm³/mol. The van der Waals surface area contributed by atoms with Crippen LogP contribution in [-0.2, 0) is 26.0 Å². The monoisotopic (exact) mass is 377 g/mol. The van der Waals surface area contributed by atoms with Crippen LogP contribution in [0.25, 0.3) is 0 Å². The number of benzene rings is 1. The molecule has 1 aromatic rings. The lowest BCUT2D eigenvalue weighted by molar-refractivity contribution is -0.137. The van der Waals surface area contributed by atoms with Crippen molar-refractivity contribution in [3.63, 3.8) is 0 Å². The van der Waals surface area contributed by atoms with Gasteiger partial charge in [0.1, 0.15) is 0 Å². The summed E-state index contributed by atoms with van der Waals surface area (Å²) in [5.41, 5.74) is -1.27. The van der Waals surface area contributed by atoms with E-state index in [1.54, 1.807) is 0 Å². The summed E-state index contributed by atoms with van der Waals surface area (Å²) in [5, 5.41) is -0.616. The van der Waals surface area contributed by atoms with Crippen molar-refractivity contribution in [1.29, 1.82) is 0 Å². The first-order valence-corrected chi connectivity index (χ1v) is 9.68. The van der Waals surface area contributed by atoms with Gasteiger partial charge in [0.05, 0.1) is 27.0 Å². The molecule has 0 radical (unpaired) electrons. The van der Waals surface area contributed by atoms with Crippen LogP contribution in [0.5, 0.6) is 0 Å². The van der Waals surface area contributed by atoms with E-state index in [1.807, 2.05) is 0 Å². The summed E-state index contributed by atoms with van der Waals surface area (Å²) in [4.78, 5) is -0.617. The van der Waals surface area contributed by atoms with Crippen LogP contribution in [0.3, 0.4) is 0 Å². The molecule has 0 aliphatic carbocycles. The van der Waals surface area contributed by atoms with Crippen molar-refractivity contribution in [2.24, 2.45) is 0 Å². The Morgan fingerprint density at radius 3 is 2.41 bits per heavy atom. The molecule has 0 amide bonds. The summed E-state index contributed by atoms with van der Waals surface area (Å²) in [7, 11) is -7.58. The van der Waals surface area contributed by atoms with Gasteiger partial charge in [-0.3, -0.25) is 0 Å². The lowest BCUT2D eigenvalue weighted by atomic mass is 10.2. The largest absolute Gasteiger partial charge is 0.417 e. The van der Waals surface area contributed by atoms with E-state index in [0.717, 1.165) is 12.1 Å². The highest BCUT2D eigenvalue weighted by molar-refractivity contribution is 7.92. The SMILES string of the molecule is O=S1(=O)CCC(NS(=O)(=O)c2ccc(Cl)c(C(F)(F)F)c2)C1. The topological polar surface area (TPSA) is 80.3 Å². The first-order valence-electron chi connectivity index (χ1n) is 6.00. The minimum absolute atomic E-state index is 0.0846. The Morgan fingerprint density at radius 2 is 1.91 bits per heavy atom. The second kappa shape index (κ2) is 5.66. The van der Waals surface area contributed by atoms with Crippen LogP contribution < -0.4 is 4.72 Å². The zero-order valence-electron chi connectivity index (χ0n) is 10.9. The van der Waals surface area contributed by atoms with Gasteiger partial charge >= 0.3 is 6.18 Å². The van der Waals surface area contributed by atoms with E-state index in [0.29, 0.717) is 6.07 Å². The van der Waals surface area contributed by atoms with Gasteiger partial charge in [0.15, 0.2) is 9.84 Å². The summed E-state index contributed by atoms with van der Waals surface area (Å²) < 4.78 is 87.1. The minimum Gasteiger partial charge on any atom is -0.229 e. The number of halogens is 4. The van der Waals surface area contributed by atoms with E-state index in [9.17, 15) is 30.0 Å². The number of hydrogen-bond donors (Lipinski definition) is 1. The fraction of sp³-hybridized carbons (Fsp3) is 0.455.